The first-order valence-corrected chi connectivity index (χ1v) is 11.6. The molecule has 0 unspecified atom stereocenters. The number of anilines is 2. The van der Waals surface area contributed by atoms with Gasteiger partial charge in [0.15, 0.2) is 0 Å². The Balaban J connectivity index is 1.66. The molecule has 0 atom stereocenters. The minimum absolute atomic E-state index is 0.161. The average Bonchev–Trinajstić information content (AvgIpc) is 2.87. The average molecular weight is 483 g/mol. The Hall–Kier alpha value is -4.71. The van der Waals surface area contributed by atoms with E-state index in [2.05, 4.69) is 15.3 Å². The van der Waals surface area contributed by atoms with Crippen LogP contribution < -0.4 is 21.4 Å². The molecule has 0 radical (unpaired) electrons. The molecule has 0 saturated carbocycles. The summed E-state index contributed by atoms with van der Waals surface area (Å²) in [6, 6.07) is 20.2. The maximum absolute atomic E-state index is 13.2. The fraction of sp³-hybridized carbons (Fsp3) is 0.222. The van der Waals surface area contributed by atoms with E-state index in [0.717, 1.165) is 21.3 Å². The molecule has 0 bridgehead atoms. The van der Waals surface area contributed by atoms with Gasteiger partial charge in [-0.25, -0.2) is 19.1 Å². The Morgan fingerprint density at radius 2 is 1.78 bits per heavy atom. The normalized spacial score (nSPS) is 10.6. The summed E-state index contributed by atoms with van der Waals surface area (Å²) in [5.74, 6) is 1.03. The number of hydrogen-bond acceptors (Lipinski definition) is 7. The number of benzene rings is 2. The summed E-state index contributed by atoms with van der Waals surface area (Å²) < 4.78 is 8.46. The minimum Gasteiger partial charge on any atom is -0.439 e. The van der Waals surface area contributed by atoms with Crippen LogP contribution in [-0.4, -0.2) is 19.1 Å². The van der Waals surface area contributed by atoms with E-state index >= 15 is 0 Å². The van der Waals surface area contributed by atoms with Gasteiger partial charge in [-0.05, 0) is 55.7 Å². The number of aryl methyl sites for hydroxylation is 2. The monoisotopic (exact) mass is 482 g/mol. The third kappa shape index (κ3) is 5.50. The van der Waals surface area contributed by atoms with Crippen LogP contribution in [0, 0.1) is 25.2 Å². The molecule has 0 aliphatic heterocycles. The van der Waals surface area contributed by atoms with Gasteiger partial charge in [0.25, 0.3) is 0 Å². The molecule has 0 amide bonds. The van der Waals surface area contributed by atoms with E-state index in [-0.39, 0.29) is 18.2 Å². The molecule has 4 aromatic rings. The molecule has 0 aliphatic carbocycles. The number of nitrogens with zero attached hydrogens (tertiary/aromatic N) is 5. The predicted molar refractivity (Wildman–Crippen MR) is 137 cm³/mol. The second-order valence-electron chi connectivity index (χ2n) is 8.40. The highest BCUT2D eigenvalue weighted by molar-refractivity contribution is 5.57. The van der Waals surface area contributed by atoms with Crippen molar-refractivity contribution in [1.82, 2.24) is 19.1 Å². The van der Waals surface area contributed by atoms with Crippen LogP contribution in [0.4, 0.5) is 11.6 Å². The molecular weight excluding hydrogens is 456 g/mol. The summed E-state index contributed by atoms with van der Waals surface area (Å²) in [7, 11) is 0. The lowest BCUT2D eigenvalue weighted by atomic mass is 10.1. The third-order valence-corrected chi connectivity index (χ3v) is 5.54. The van der Waals surface area contributed by atoms with Crippen LogP contribution >= 0.6 is 0 Å². The second-order valence-corrected chi connectivity index (χ2v) is 8.40. The van der Waals surface area contributed by atoms with Gasteiger partial charge in [-0.3, -0.25) is 4.57 Å². The minimum atomic E-state index is -0.593. The van der Waals surface area contributed by atoms with Crippen molar-refractivity contribution in [3.8, 4) is 17.7 Å². The van der Waals surface area contributed by atoms with Crippen LogP contribution in [0.5, 0.6) is 11.6 Å². The lowest BCUT2D eigenvalue weighted by Crippen LogP contribution is -2.42. The van der Waals surface area contributed by atoms with Crippen molar-refractivity contribution in [2.24, 2.45) is 0 Å². The molecule has 0 fully saturated rings. The maximum Gasteiger partial charge on any atom is 0.354 e. The largest absolute Gasteiger partial charge is 0.439 e. The van der Waals surface area contributed by atoms with Crippen molar-refractivity contribution < 1.29 is 4.74 Å². The smallest absolute Gasteiger partial charge is 0.354 e. The van der Waals surface area contributed by atoms with Gasteiger partial charge in [-0.1, -0.05) is 42.8 Å². The van der Waals surface area contributed by atoms with Gasteiger partial charge >= 0.3 is 11.4 Å². The molecule has 0 saturated heterocycles. The number of nitrogens with one attached hydrogen (secondary N) is 1. The fourth-order valence-electron chi connectivity index (χ4n) is 3.68. The SMILES string of the molecule is CCCn1c(=O)nc(Nc2ccc(Oc3cccc(C#N)n3)c(C)c2)n(Cc2ccc(C)cc2)c1=O. The molecule has 36 heavy (non-hydrogen) atoms. The zero-order valence-electron chi connectivity index (χ0n) is 20.4. The molecule has 2 aromatic heterocycles. The van der Waals surface area contributed by atoms with Crippen LogP contribution in [-0.2, 0) is 13.1 Å². The molecule has 0 spiro atoms. The van der Waals surface area contributed by atoms with E-state index in [1.54, 1.807) is 30.3 Å². The van der Waals surface area contributed by atoms with E-state index in [0.29, 0.717) is 30.3 Å². The summed E-state index contributed by atoms with van der Waals surface area (Å²) in [5, 5.41) is 12.2. The zero-order valence-corrected chi connectivity index (χ0v) is 20.4. The Bertz CT molecular complexity index is 1550. The van der Waals surface area contributed by atoms with Crippen LogP contribution in [0.2, 0.25) is 0 Å². The number of ether oxygens (including phenoxy) is 1. The van der Waals surface area contributed by atoms with E-state index in [9.17, 15) is 9.59 Å². The second kappa shape index (κ2) is 10.7. The summed E-state index contributed by atoms with van der Waals surface area (Å²) in [5.41, 5.74) is 2.71. The van der Waals surface area contributed by atoms with Gasteiger partial charge in [0.2, 0.25) is 11.8 Å². The van der Waals surface area contributed by atoms with E-state index in [1.807, 2.05) is 57.2 Å². The highest BCUT2D eigenvalue weighted by atomic mass is 16.5. The topological polar surface area (TPSA) is 115 Å². The van der Waals surface area contributed by atoms with E-state index in [4.69, 9.17) is 10.00 Å². The van der Waals surface area contributed by atoms with Crippen molar-refractivity contribution in [1.29, 1.82) is 5.26 Å². The van der Waals surface area contributed by atoms with Crippen molar-refractivity contribution in [3.05, 3.63) is 104 Å². The van der Waals surface area contributed by atoms with E-state index < -0.39 is 11.4 Å². The molecule has 4 rings (SSSR count). The fourth-order valence-corrected chi connectivity index (χ4v) is 3.68. The zero-order chi connectivity index (χ0) is 25.7. The first-order chi connectivity index (χ1) is 17.4. The number of rotatable bonds is 8. The number of hydrogen-bond donors (Lipinski definition) is 1. The van der Waals surface area contributed by atoms with Gasteiger partial charge in [0.05, 0.1) is 6.54 Å². The first-order valence-electron chi connectivity index (χ1n) is 11.6. The van der Waals surface area contributed by atoms with Crippen molar-refractivity contribution >= 4 is 11.6 Å². The number of aromatic nitrogens is 4. The highest BCUT2D eigenvalue weighted by Crippen LogP contribution is 2.27. The van der Waals surface area contributed by atoms with E-state index in [1.165, 1.54) is 4.57 Å². The van der Waals surface area contributed by atoms with Crippen LogP contribution in [0.25, 0.3) is 0 Å². The van der Waals surface area contributed by atoms with Gasteiger partial charge in [-0.15, -0.1) is 0 Å². The van der Waals surface area contributed by atoms with Crippen molar-refractivity contribution in [2.75, 3.05) is 5.32 Å². The van der Waals surface area contributed by atoms with Gasteiger partial charge < -0.3 is 10.1 Å². The molecule has 9 heteroatoms. The maximum atomic E-state index is 13.2. The summed E-state index contributed by atoms with van der Waals surface area (Å²) in [6.45, 7) is 6.32. The number of nitriles is 1. The van der Waals surface area contributed by atoms with Crippen LogP contribution in [0.3, 0.4) is 0 Å². The molecular formula is C27H26N6O3. The quantitative estimate of drug-likeness (QED) is 0.398. The van der Waals surface area contributed by atoms with Gasteiger partial charge in [-0.2, -0.15) is 10.2 Å². The van der Waals surface area contributed by atoms with Crippen LogP contribution in [0.1, 0.15) is 35.7 Å². The third-order valence-electron chi connectivity index (χ3n) is 5.54. The Morgan fingerprint density at radius 1 is 1.00 bits per heavy atom. The molecule has 9 nitrogen and oxygen atoms in total. The summed E-state index contributed by atoms with van der Waals surface area (Å²) >= 11 is 0. The Labute approximate surface area is 208 Å². The van der Waals surface area contributed by atoms with Crippen molar-refractivity contribution in [2.45, 2.75) is 40.3 Å². The molecule has 182 valence electrons. The summed E-state index contributed by atoms with van der Waals surface area (Å²) in [4.78, 5) is 34.2. The first kappa shape index (κ1) is 24.4. The Kier molecular flexibility index (Phi) is 7.25. The van der Waals surface area contributed by atoms with Crippen LogP contribution in [0.15, 0.2) is 70.3 Å². The highest BCUT2D eigenvalue weighted by Gasteiger charge is 2.14. The molecule has 2 aromatic carbocycles. The molecule has 2 heterocycles. The predicted octanol–water partition coefficient (Wildman–Crippen LogP) is 4.28. The molecule has 0 aliphatic rings. The van der Waals surface area contributed by atoms with Crippen molar-refractivity contribution in [3.63, 3.8) is 0 Å². The molecule has 1 N–H and O–H groups in total. The summed E-state index contributed by atoms with van der Waals surface area (Å²) in [6.07, 6.45) is 0.640. The lowest BCUT2D eigenvalue weighted by molar-refractivity contribution is 0.459. The van der Waals surface area contributed by atoms with Gasteiger partial charge in [0.1, 0.15) is 17.5 Å². The van der Waals surface area contributed by atoms with Gasteiger partial charge in [0, 0.05) is 18.3 Å². The lowest BCUT2D eigenvalue weighted by Gasteiger charge is -2.16. The standard InChI is InChI=1S/C27H26N6O3/c1-4-14-32-26(34)31-25(33(27(32)35)17-20-10-8-18(2)9-11-20)30-21-12-13-23(19(3)15-21)36-24-7-5-6-22(16-28)29-24/h5-13,15H,4,14,17H2,1-3H3,(H,30,31,34). The Morgan fingerprint density at radius 3 is 2.47 bits per heavy atom. The number of pyridine rings is 1.